The van der Waals surface area contributed by atoms with E-state index in [1.54, 1.807) is 36.3 Å². The Morgan fingerprint density at radius 1 is 1.08 bits per heavy atom. The van der Waals surface area contributed by atoms with E-state index in [0.29, 0.717) is 31.6 Å². The second-order valence-electron chi connectivity index (χ2n) is 9.40. The molecule has 7 nitrogen and oxygen atoms in total. The normalized spacial score (nSPS) is 16.9. The van der Waals surface area contributed by atoms with Crippen molar-refractivity contribution in [2.45, 2.75) is 31.8 Å². The van der Waals surface area contributed by atoms with Gasteiger partial charge in [0.05, 0.1) is 25.3 Å². The Hall–Kier alpha value is -4.22. The molecule has 0 aliphatic carbocycles. The molecule has 1 saturated heterocycles. The molecule has 0 saturated carbocycles. The second kappa shape index (κ2) is 12.3. The molecule has 0 aromatic heterocycles. The predicted molar refractivity (Wildman–Crippen MR) is 143 cm³/mol. The molecule has 0 bridgehead atoms. The van der Waals surface area contributed by atoms with E-state index in [4.69, 9.17) is 10.00 Å². The molecule has 3 aromatic carbocycles. The Bertz CT molecular complexity index is 1320. The zero-order chi connectivity index (χ0) is 27.1. The second-order valence-corrected chi connectivity index (χ2v) is 9.40. The number of likely N-dealkylation sites (tertiary alicyclic amines) is 1. The maximum atomic E-state index is 13.7. The number of nitrogens with zero attached hydrogens (tertiary/aromatic N) is 2. The summed E-state index contributed by atoms with van der Waals surface area (Å²) in [4.78, 5) is 25.7. The van der Waals surface area contributed by atoms with Gasteiger partial charge in [-0.2, -0.15) is 5.26 Å². The molecule has 0 spiro atoms. The van der Waals surface area contributed by atoms with Crippen molar-refractivity contribution >= 4 is 11.8 Å². The fourth-order valence-corrected chi connectivity index (χ4v) is 4.86. The smallest absolute Gasteiger partial charge is 0.241 e. The van der Waals surface area contributed by atoms with Crippen molar-refractivity contribution in [2.75, 3.05) is 26.7 Å². The quantitative estimate of drug-likeness (QED) is 0.474. The molecular weight excluding hydrogens is 483 g/mol. The summed E-state index contributed by atoms with van der Waals surface area (Å²) in [5.74, 6) is 0.0104. The minimum absolute atomic E-state index is 0.0357. The van der Waals surface area contributed by atoms with Gasteiger partial charge in [0.2, 0.25) is 11.8 Å². The number of hydrogen-bond donors (Lipinski definition) is 2. The number of ether oxygens (including phenoxy) is 1. The predicted octanol–water partition coefficient (Wildman–Crippen LogP) is 3.98. The molecule has 2 atom stereocenters. The van der Waals surface area contributed by atoms with E-state index in [-0.39, 0.29) is 36.1 Å². The highest BCUT2D eigenvalue weighted by Crippen LogP contribution is 2.30. The molecule has 3 aromatic rings. The molecule has 38 heavy (non-hydrogen) atoms. The average molecular weight is 515 g/mol. The first-order valence-electron chi connectivity index (χ1n) is 12.6. The van der Waals surface area contributed by atoms with E-state index < -0.39 is 0 Å². The third-order valence-corrected chi connectivity index (χ3v) is 6.93. The molecule has 196 valence electrons. The Labute approximate surface area is 222 Å². The highest BCUT2D eigenvalue weighted by atomic mass is 19.1. The van der Waals surface area contributed by atoms with Crippen LogP contribution in [0.1, 0.15) is 36.0 Å². The lowest BCUT2D eigenvalue weighted by Crippen LogP contribution is -2.51. The number of nitrogens with one attached hydrogen (secondary N) is 2. The summed E-state index contributed by atoms with van der Waals surface area (Å²) in [5.41, 5.74) is 4.55. The van der Waals surface area contributed by atoms with Gasteiger partial charge in [0.25, 0.3) is 0 Å². The van der Waals surface area contributed by atoms with Crippen LogP contribution >= 0.6 is 0 Å². The van der Waals surface area contributed by atoms with Crippen LogP contribution in [0.2, 0.25) is 0 Å². The minimum Gasteiger partial charge on any atom is -0.496 e. The van der Waals surface area contributed by atoms with E-state index in [1.165, 1.54) is 19.1 Å². The maximum absolute atomic E-state index is 13.7. The average Bonchev–Trinajstić information content (AvgIpc) is 2.95. The highest BCUT2D eigenvalue weighted by molar-refractivity contribution is 5.83. The molecule has 2 N–H and O–H groups in total. The van der Waals surface area contributed by atoms with Crippen LogP contribution in [0.4, 0.5) is 4.39 Å². The maximum Gasteiger partial charge on any atom is 0.241 e. The van der Waals surface area contributed by atoms with E-state index in [1.807, 2.05) is 24.3 Å². The van der Waals surface area contributed by atoms with Gasteiger partial charge in [0.15, 0.2) is 0 Å². The summed E-state index contributed by atoms with van der Waals surface area (Å²) in [7, 11) is 1.64. The number of rotatable bonds is 8. The largest absolute Gasteiger partial charge is 0.496 e. The van der Waals surface area contributed by atoms with E-state index in [2.05, 4.69) is 22.8 Å². The number of nitriles is 1. The van der Waals surface area contributed by atoms with Crippen molar-refractivity contribution in [1.29, 1.82) is 5.26 Å². The highest BCUT2D eigenvalue weighted by Gasteiger charge is 2.32. The van der Waals surface area contributed by atoms with Crippen LogP contribution in [0.15, 0.2) is 66.7 Å². The monoisotopic (exact) mass is 514 g/mol. The first-order valence-corrected chi connectivity index (χ1v) is 12.6. The van der Waals surface area contributed by atoms with Crippen LogP contribution in [0.3, 0.4) is 0 Å². The van der Waals surface area contributed by atoms with Crippen molar-refractivity contribution in [3.63, 3.8) is 0 Å². The van der Waals surface area contributed by atoms with Gasteiger partial charge >= 0.3 is 0 Å². The molecule has 1 aliphatic rings. The fourth-order valence-electron chi connectivity index (χ4n) is 4.86. The molecule has 1 aliphatic heterocycles. The summed E-state index contributed by atoms with van der Waals surface area (Å²) in [5, 5.41) is 15.3. The van der Waals surface area contributed by atoms with Gasteiger partial charge in [-0.25, -0.2) is 4.39 Å². The van der Waals surface area contributed by atoms with Gasteiger partial charge in [-0.15, -0.1) is 0 Å². The molecular formula is C30H31FN4O3. The van der Waals surface area contributed by atoms with E-state index >= 15 is 0 Å². The number of hydrogen-bond acceptors (Lipinski definition) is 5. The van der Waals surface area contributed by atoms with Crippen LogP contribution < -0.4 is 15.4 Å². The number of piperidine rings is 1. The lowest BCUT2D eigenvalue weighted by atomic mass is 9.85. The zero-order valence-corrected chi connectivity index (χ0v) is 21.5. The molecule has 2 unspecified atom stereocenters. The van der Waals surface area contributed by atoms with E-state index in [0.717, 1.165) is 28.0 Å². The van der Waals surface area contributed by atoms with Gasteiger partial charge in [0.1, 0.15) is 11.6 Å². The van der Waals surface area contributed by atoms with Gasteiger partial charge in [-0.3, -0.25) is 9.59 Å². The number of amides is 2. The third kappa shape index (κ3) is 6.55. The summed E-state index contributed by atoms with van der Waals surface area (Å²) in [6, 6.07) is 22.0. The third-order valence-electron chi connectivity index (χ3n) is 6.93. The lowest BCUT2D eigenvalue weighted by Gasteiger charge is -2.39. The number of carbonyl (C=O) groups is 2. The number of carbonyl (C=O) groups excluding carboxylic acids is 2. The number of benzene rings is 3. The molecule has 1 heterocycles. The van der Waals surface area contributed by atoms with Crippen LogP contribution in [0.5, 0.6) is 5.75 Å². The fraction of sp³-hybridized carbons (Fsp3) is 0.300. The van der Waals surface area contributed by atoms with Gasteiger partial charge < -0.3 is 20.3 Å². The zero-order valence-electron chi connectivity index (χ0n) is 21.5. The van der Waals surface area contributed by atoms with Crippen LogP contribution in [0.25, 0.3) is 11.1 Å². The van der Waals surface area contributed by atoms with Crippen molar-refractivity contribution in [3.05, 3.63) is 89.2 Å². The molecule has 1 fully saturated rings. The topological polar surface area (TPSA) is 94.5 Å². The molecule has 4 rings (SSSR count). The minimum atomic E-state index is -0.308. The van der Waals surface area contributed by atoms with Crippen LogP contribution in [-0.4, -0.2) is 49.5 Å². The lowest BCUT2D eigenvalue weighted by molar-refractivity contribution is -0.133. The molecule has 0 radical (unpaired) electrons. The SMILES string of the molecule is COc1ccc(-c2ccc(C#N)cc2)cc1CNC1CCN(C(=O)CNC(C)=O)CC1c1ccc(F)cc1. The standard InChI is InChI=1S/C30H31FN4O3/c1-20(36)33-18-30(37)35-14-13-28(27(19-35)23-7-10-26(31)11-8-23)34-17-25-15-24(9-12-29(25)38-2)22-5-3-21(16-32)4-6-22/h3-12,15,27-28,34H,13-14,17-19H2,1-2H3,(H,33,36). The van der Waals surface area contributed by atoms with Crippen molar-refractivity contribution in [2.24, 2.45) is 0 Å². The first kappa shape index (κ1) is 26.8. The summed E-state index contributed by atoms with van der Waals surface area (Å²) >= 11 is 0. The molecule has 2 amide bonds. The molecule has 8 heteroatoms. The summed E-state index contributed by atoms with van der Waals surface area (Å²) < 4.78 is 19.3. The van der Waals surface area contributed by atoms with Crippen LogP contribution in [0, 0.1) is 17.1 Å². The van der Waals surface area contributed by atoms with Crippen molar-refractivity contribution in [1.82, 2.24) is 15.5 Å². The number of methoxy groups -OCH3 is 1. The summed E-state index contributed by atoms with van der Waals surface area (Å²) in [6.07, 6.45) is 0.700. The first-order chi connectivity index (χ1) is 18.4. The van der Waals surface area contributed by atoms with E-state index in [9.17, 15) is 14.0 Å². The van der Waals surface area contributed by atoms with Crippen molar-refractivity contribution < 1.29 is 18.7 Å². The van der Waals surface area contributed by atoms with Crippen molar-refractivity contribution in [3.8, 4) is 22.9 Å². The van der Waals surface area contributed by atoms with Gasteiger partial charge in [-0.05, 0) is 59.5 Å². The Morgan fingerprint density at radius 3 is 2.45 bits per heavy atom. The van der Waals surface area contributed by atoms with Gasteiger partial charge in [-0.1, -0.05) is 30.3 Å². The summed E-state index contributed by atoms with van der Waals surface area (Å²) in [6.45, 7) is 2.90. The van der Waals surface area contributed by atoms with Gasteiger partial charge in [0, 0.05) is 44.1 Å². The Balaban J connectivity index is 1.53. The Kier molecular flexibility index (Phi) is 8.72. The van der Waals surface area contributed by atoms with Crippen LogP contribution in [-0.2, 0) is 16.1 Å². The Morgan fingerprint density at radius 2 is 1.79 bits per heavy atom. The number of halogens is 1.